The molecule has 49 heavy (non-hydrogen) atoms. The van der Waals surface area contributed by atoms with Gasteiger partial charge in [0.05, 0.1) is 18.2 Å². The van der Waals surface area contributed by atoms with Crippen molar-refractivity contribution < 1.29 is 24.6 Å². The molecule has 0 spiro atoms. The monoisotopic (exact) mass is 679 g/mol. The van der Waals surface area contributed by atoms with Crippen LogP contribution in [0, 0.1) is 11.8 Å². The quantitative estimate of drug-likeness (QED) is 0.231. The number of imide groups is 1. The van der Waals surface area contributed by atoms with Gasteiger partial charge in [-0.25, -0.2) is 9.69 Å². The van der Waals surface area contributed by atoms with Crippen LogP contribution < -0.4 is 10.6 Å². The van der Waals surface area contributed by atoms with Crippen LogP contribution in [0.2, 0.25) is 0 Å². The van der Waals surface area contributed by atoms with Gasteiger partial charge >= 0.3 is 6.03 Å². The Balaban J connectivity index is 1.67. The molecule has 10 heteroatoms. The Morgan fingerprint density at radius 1 is 0.918 bits per heavy atom. The third-order valence-electron chi connectivity index (χ3n) is 10.5. The van der Waals surface area contributed by atoms with Crippen molar-refractivity contribution in [3.8, 4) is 0 Å². The molecule has 4 N–H and O–H groups in total. The fourth-order valence-electron chi connectivity index (χ4n) is 7.29. The number of urea groups is 1. The van der Waals surface area contributed by atoms with E-state index in [0.29, 0.717) is 39.0 Å². The van der Waals surface area contributed by atoms with Gasteiger partial charge < -0.3 is 30.6 Å². The van der Waals surface area contributed by atoms with Crippen LogP contribution in [0.3, 0.4) is 0 Å². The fraction of sp³-hybridized carbons (Fsp3) is 0.667. The first-order chi connectivity index (χ1) is 23.4. The first-order valence-corrected chi connectivity index (χ1v) is 18.6. The molecule has 2 aromatic rings. The number of fused-ring (bicyclic) bond motifs is 1. The molecule has 0 radical (unpaired) electrons. The molecule has 4 amide bonds. The van der Waals surface area contributed by atoms with Gasteiger partial charge in [-0.3, -0.25) is 9.59 Å². The number of carbonyl (C=O) groups is 3. The van der Waals surface area contributed by atoms with E-state index in [2.05, 4.69) is 15.5 Å². The Morgan fingerprint density at radius 3 is 2.20 bits per heavy atom. The summed E-state index contributed by atoms with van der Waals surface area (Å²) in [5, 5.41) is 31.3. The lowest BCUT2D eigenvalue weighted by molar-refractivity contribution is -0.142. The lowest BCUT2D eigenvalue weighted by Crippen LogP contribution is -2.65. The summed E-state index contributed by atoms with van der Waals surface area (Å²) in [4.78, 5) is 48.5. The molecule has 1 saturated heterocycles. The number of piperazine rings is 1. The highest BCUT2D eigenvalue weighted by Gasteiger charge is 2.43. The molecule has 0 bridgehead atoms. The van der Waals surface area contributed by atoms with Gasteiger partial charge in [0.1, 0.15) is 12.1 Å². The molecule has 1 heterocycles. The fourth-order valence-corrected chi connectivity index (χ4v) is 7.29. The largest absolute Gasteiger partial charge is 0.390 e. The number of hydrogen-bond acceptors (Lipinski definition) is 7. The molecular weight excluding hydrogens is 618 g/mol. The number of rotatable bonds is 14. The van der Waals surface area contributed by atoms with Gasteiger partial charge in [-0.2, -0.15) is 0 Å². The maximum atomic E-state index is 14.6. The van der Waals surface area contributed by atoms with Crippen LogP contribution in [-0.4, -0.2) is 112 Å². The van der Waals surface area contributed by atoms with Crippen molar-refractivity contribution in [2.45, 2.75) is 122 Å². The Hall–Kier alpha value is -3.05. The van der Waals surface area contributed by atoms with Gasteiger partial charge in [-0.15, -0.1) is 0 Å². The van der Waals surface area contributed by atoms with E-state index >= 15 is 0 Å². The molecule has 4 rings (SSSR count). The molecule has 6 atom stereocenters. The highest BCUT2D eigenvalue weighted by molar-refractivity contribution is 6.02. The topological polar surface area (TPSA) is 125 Å². The maximum absolute atomic E-state index is 14.6. The molecule has 1 saturated carbocycles. The van der Waals surface area contributed by atoms with Gasteiger partial charge in [-0.05, 0) is 67.8 Å². The average Bonchev–Trinajstić information content (AvgIpc) is 3.09. The summed E-state index contributed by atoms with van der Waals surface area (Å²) >= 11 is 0. The maximum Gasteiger partial charge on any atom is 0.327 e. The van der Waals surface area contributed by atoms with Gasteiger partial charge in [0.2, 0.25) is 11.8 Å². The Morgan fingerprint density at radius 2 is 1.57 bits per heavy atom. The third-order valence-corrected chi connectivity index (χ3v) is 10.5. The van der Waals surface area contributed by atoms with Crippen molar-refractivity contribution >= 4 is 28.6 Å². The van der Waals surface area contributed by atoms with Crippen LogP contribution in [-0.2, 0) is 16.0 Å². The molecule has 0 aromatic heterocycles. The number of nitrogens with zero attached hydrogens (tertiary/aromatic N) is 3. The van der Waals surface area contributed by atoms with Gasteiger partial charge in [0.15, 0.2) is 0 Å². The number of hydrogen-bond donors (Lipinski definition) is 4. The van der Waals surface area contributed by atoms with Crippen molar-refractivity contribution in [2.24, 2.45) is 11.8 Å². The first-order valence-electron chi connectivity index (χ1n) is 18.6. The van der Waals surface area contributed by atoms with Crippen LogP contribution in [0.15, 0.2) is 42.5 Å². The van der Waals surface area contributed by atoms with E-state index in [0.717, 1.165) is 42.0 Å². The van der Waals surface area contributed by atoms with Crippen LogP contribution in [0.4, 0.5) is 4.79 Å². The number of aliphatic hydroxyl groups excluding tert-OH is 2. The highest BCUT2D eigenvalue weighted by atomic mass is 16.3. The van der Waals surface area contributed by atoms with Crippen LogP contribution >= 0.6 is 0 Å². The number of likely N-dealkylation sites (N-methyl/N-ethyl adjacent to an activating group) is 1. The smallest absolute Gasteiger partial charge is 0.327 e. The molecule has 10 nitrogen and oxygen atoms in total. The molecule has 2 aliphatic rings. The van der Waals surface area contributed by atoms with Crippen molar-refractivity contribution in [3.05, 3.63) is 48.0 Å². The molecular formula is C39H61N5O5. The van der Waals surface area contributed by atoms with E-state index in [-0.39, 0.29) is 24.3 Å². The normalized spacial score (nSPS) is 20.0. The van der Waals surface area contributed by atoms with Crippen molar-refractivity contribution in [2.75, 3.05) is 33.2 Å². The molecule has 272 valence electrons. The lowest BCUT2D eigenvalue weighted by atomic mass is 9.91. The number of aliphatic hydroxyl groups is 2. The highest BCUT2D eigenvalue weighted by Crippen LogP contribution is 2.24. The standard InChI is InChI=1S/C39H61N5O5/c1-7-27(4)35(44(39(49)43-21-19-42(6)20-22-43)38(48)28(5)40-32-15-9-8-10-16-32)37(47)41-33(36(46)34(45)23-26(2)3)25-29-17-18-30-13-11-12-14-31(30)24-29/h11-14,17-18,24,26-28,32-36,40,45-46H,7-10,15-16,19-23,25H2,1-6H3,(H,41,47)/t27?,28?,33-,34-,35?,36+/m0/s1. The number of benzene rings is 2. The van der Waals surface area contributed by atoms with Crippen LogP contribution in [0.5, 0.6) is 0 Å². The minimum atomic E-state index is -1.26. The van der Waals surface area contributed by atoms with Crippen molar-refractivity contribution in [3.63, 3.8) is 0 Å². The SMILES string of the molecule is CCC(C)C(C(=O)N[C@@H](Cc1ccc2ccccc2c1)[C@@H](O)[C@@H](O)CC(C)C)N(C(=O)C(C)NC1CCCCC1)C(=O)N1CCN(C)CC1. The second kappa shape index (κ2) is 18.3. The second-order valence-electron chi connectivity index (χ2n) is 15.0. The second-order valence-corrected chi connectivity index (χ2v) is 15.0. The van der Waals surface area contributed by atoms with E-state index in [1.165, 1.54) is 11.3 Å². The molecule has 1 aliphatic heterocycles. The van der Waals surface area contributed by atoms with E-state index in [1.807, 2.05) is 77.2 Å². The summed E-state index contributed by atoms with van der Waals surface area (Å²) in [6, 6.07) is 11.1. The minimum Gasteiger partial charge on any atom is -0.390 e. The Labute approximate surface area is 293 Å². The summed E-state index contributed by atoms with van der Waals surface area (Å²) < 4.78 is 0. The van der Waals surface area contributed by atoms with E-state index in [4.69, 9.17) is 0 Å². The van der Waals surface area contributed by atoms with Gasteiger partial charge in [-0.1, -0.05) is 95.8 Å². The minimum absolute atomic E-state index is 0.127. The van der Waals surface area contributed by atoms with Crippen LogP contribution in [0.1, 0.15) is 85.1 Å². The Kier molecular flexibility index (Phi) is 14.4. The van der Waals surface area contributed by atoms with Crippen LogP contribution in [0.25, 0.3) is 10.8 Å². The summed E-state index contributed by atoms with van der Waals surface area (Å²) in [5.41, 5.74) is 0.895. The number of nitrogens with one attached hydrogen (secondary N) is 2. The summed E-state index contributed by atoms with van der Waals surface area (Å²) in [5.74, 6) is -1.15. The zero-order valence-corrected chi connectivity index (χ0v) is 30.6. The molecule has 2 fully saturated rings. The summed E-state index contributed by atoms with van der Waals surface area (Å²) in [6.45, 7) is 11.9. The van der Waals surface area contributed by atoms with E-state index < -0.39 is 48.2 Å². The predicted molar refractivity (Wildman–Crippen MR) is 195 cm³/mol. The van der Waals surface area contributed by atoms with E-state index in [9.17, 15) is 24.6 Å². The lowest BCUT2D eigenvalue weighted by Gasteiger charge is -2.41. The van der Waals surface area contributed by atoms with Crippen molar-refractivity contribution in [1.29, 1.82) is 0 Å². The molecule has 3 unspecified atom stereocenters. The number of amides is 4. The van der Waals surface area contributed by atoms with E-state index in [1.54, 1.807) is 11.8 Å². The Bertz CT molecular complexity index is 1370. The number of carbonyl (C=O) groups excluding carboxylic acids is 3. The van der Waals surface area contributed by atoms with Gasteiger partial charge in [0.25, 0.3) is 0 Å². The zero-order valence-electron chi connectivity index (χ0n) is 30.6. The predicted octanol–water partition coefficient (Wildman–Crippen LogP) is 4.56. The average molecular weight is 680 g/mol. The summed E-state index contributed by atoms with van der Waals surface area (Å²) in [6.07, 6.45) is 4.18. The first kappa shape index (κ1) is 38.7. The third kappa shape index (κ3) is 10.5. The molecule has 2 aromatic carbocycles. The summed E-state index contributed by atoms with van der Waals surface area (Å²) in [7, 11) is 2.00. The zero-order chi connectivity index (χ0) is 35.7. The van der Waals surface area contributed by atoms with Crippen molar-refractivity contribution in [1.82, 2.24) is 25.3 Å². The molecule has 1 aliphatic carbocycles. The van der Waals surface area contributed by atoms with Gasteiger partial charge in [0, 0.05) is 32.2 Å².